The van der Waals surface area contributed by atoms with Gasteiger partial charge >= 0.3 is 0 Å². The summed E-state index contributed by atoms with van der Waals surface area (Å²) in [6.45, 7) is 0. The standard InChI is InChI=1S/C42H24O/c1-6-27-16-17-29-18-21-32(35-22-19-28(7-1)39(27)42(29)35)33-13-3-9-25-8-2-12-31(40(25)33)30-20-23-37-36(24-30)34-14-4-10-26-11-5-15-38(43-37)41(26)34/h1-24H/i1D,6D,7D,16D,17D,18D,19D,21D,22D. The molecule has 0 unspecified atom stereocenters. The lowest BCUT2D eigenvalue weighted by atomic mass is 9.86. The third-order valence-corrected chi connectivity index (χ3v) is 8.65. The van der Waals surface area contributed by atoms with Crippen molar-refractivity contribution < 1.29 is 17.1 Å². The number of fused-ring (bicyclic) bond motifs is 3. The van der Waals surface area contributed by atoms with E-state index in [2.05, 4.69) is 24.3 Å². The molecule has 1 aliphatic heterocycles. The van der Waals surface area contributed by atoms with Gasteiger partial charge in [0.25, 0.3) is 0 Å². The second-order valence-electron chi connectivity index (χ2n) is 10.9. The average Bonchev–Trinajstić information content (AvgIpc) is 3.15. The van der Waals surface area contributed by atoms with Gasteiger partial charge in [0.2, 0.25) is 0 Å². The van der Waals surface area contributed by atoms with Crippen molar-refractivity contribution >= 4 is 53.9 Å². The van der Waals surface area contributed by atoms with Crippen molar-refractivity contribution in [2.45, 2.75) is 0 Å². The van der Waals surface area contributed by atoms with Crippen LogP contribution < -0.4 is 4.74 Å². The molecule has 0 atom stereocenters. The van der Waals surface area contributed by atoms with Crippen LogP contribution in [0.25, 0.3) is 87.2 Å². The van der Waals surface area contributed by atoms with Crippen LogP contribution in [0.2, 0.25) is 0 Å². The fourth-order valence-corrected chi connectivity index (χ4v) is 6.79. The molecule has 10 rings (SSSR count). The molecule has 0 radical (unpaired) electrons. The first-order valence-electron chi connectivity index (χ1n) is 18.6. The Kier molecular flexibility index (Phi) is 3.16. The maximum atomic E-state index is 9.42. The fourth-order valence-electron chi connectivity index (χ4n) is 6.79. The minimum Gasteiger partial charge on any atom is -0.456 e. The van der Waals surface area contributed by atoms with E-state index in [4.69, 9.17) is 13.0 Å². The van der Waals surface area contributed by atoms with Gasteiger partial charge in [0.1, 0.15) is 11.5 Å². The van der Waals surface area contributed by atoms with Gasteiger partial charge in [-0.25, -0.2) is 0 Å². The molecule has 198 valence electrons. The molecular weight excluding hydrogens is 520 g/mol. The van der Waals surface area contributed by atoms with Gasteiger partial charge in [-0.3, -0.25) is 0 Å². The van der Waals surface area contributed by atoms with Gasteiger partial charge in [-0.2, -0.15) is 0 Å². The van der Waals surface area contributed by atoms with Crippen LogP contribution in [-0.4, -0.2) is 0 Å². The summed E-state index contributed by atoms with van der Waals surface area (Å²) in [6, 6.07) is 26.4. The molecule has 9 aromatic rings. The van der Waals surface area contributed by atoms with E-state index < -0.39 is 30.2 Å². The molecule has 1 heterocycles. The van der Waals surface area contributed by atoms with Crippen LogP contribution in [0.3, 0.4) is 0 Å². The van der Waals surface area contributed by atoms with E-state index in [1.54, 1.807) is 0 Å². The normalized spacial score (nSPS) is 15.3. The van der Waals surface area contributed by atoms with E-state index >= 15 is 0 Å². The summed E-state index contributed by atoms with van der Waals surface area (Å²) < 4.78 is 87.1. The van der Waals surface area contributed by atoms with Crippen LogP contribution in [0.4, 0.5) is 0 Å². The van der Waals surface area contributed by atoms with Crippen molar-refractivity contribution in [1.82, 2.24) is 0 Å². The number of rotatable bonds is 2. The average molecular weight is 554 g/mol. The van der Waals surface area contributed by atoms with E-state index in [0.29, 0.717) is 5.56 Å². The predicted octanol–water partition coefficient (Wildman–Crippen LogP) is 12.0. The summed E-state index contributed by atoms with van der Waals surface area (Å²) >= 11 is 0. The number of hydrogen-bond donors (Lipinski definition) is 0. The molecule has 0 N–H and O–H groups in total. The Morgan fingerprint density at radius 2 is 1.02 bits per heavy atom. The highest BCUT2D eigenvalue weighted by Gasteiger charge is 2.21. The summed E-state index contributed by atoms with van der Waals surface area (Å²) in [5.41, 5.74) is 4.48. The summed E-state index contributed by atoms with van der Waals surface area (Å²) in [4.78, 5) is 0. The molecule has 0 amide bonds. The molecule has 0 fully saturated rings. The Morgan fingerprint density at radius 1 is 0.395 bits per heavy atom. The lowest BCUT2D eigenvalue weighted by molar-refractivity contribution is 0.487. The van der Waals surface area contributed by atoms with Crippen LogP contribution >= 0.6 is 0 Å². The first-order chi connectivity index (χ1) is 25.1. The summed E-state index contributed by atoms with van der Waals surface area (Å²) in [6.07, 6.45) is 0. The van der Waals surface area contributed by atoms with Crippen LogP contribution in [0, 0.1) is 0 Å². The largest absolute Gasteiger partial charge is 0.456 e. The third kappa shape index (κ3) is 3.17. The highest BCUT2D eigenvalue weighted by Crippen LogP contribution is 2.49. The Balaban J connectivity index is 1.33. The van der Waals surface area contributed by atoms with Crippen molar-refractivity contribution in [1.29, 1.82) is 0 Å². The van der Waals surface area contributed by atoms with Gasteiger partial charge < -0.3 is 4.74 Å². The van der Waals surface area contributed by atoms with Gasteiger partial charge in [0.15, 0.2) is 0 Å². The first kappa shape index (κ1) is 16.1. The molecule has 0 aromatic heterocycles. The summed E-state index contributed by atoms with van der Waals surface area (Å²) in [7, 11) is 0. The highest BCUT2D eigenvalue weighted by molar-refractivity contribution is 6.26. The molecule has 1 heteroatoms. The SMILES string of the molecule is [2H]c1c([2H])c2c([2H])c([2H])c3c([2H])c([2H])c(-c4cccc5cccc(-c6ccc7c(c6)-c6cccc8cccc(c68)O7)c45)c4c([2H])c([2H])c(c1[2H])c2c34. The van der Waals surface area contributed by atoms with Gasteiger partial charge in [0, 0.05) is 10.9 Å². The highest BCUT2D eigenvalue weighted by atomic mass is 16.5. The molecule has 0 bridgehead atoms. The zero-order valence-corrected chi connectivity index (χ0v) is 22.6. The molecule has 0 saturated heterocycles. The maximum absolute atomic E-state index is 9.42. The molecule has 9 aromatic carbocycles. The van der Waals surface area contributed by atoms with Crippen LogP contribution in [0.1, 0.15) is 12.3 Å². The second-order valence-corrected chi connectivity index (χ2v) is 10.9. The van der Waals surface area contributed by atoms with Crippen molar-refractivity contribution in [2.75, 3.05) is 0 Å². The van der Waals surface area contributed by atoms with E-state index in [1.165, 1.54) is 0 Å². The predicted molar refractivity (Wildman–Crippen MR) is 182 cm³/mol. The molecular formula is C42H24O. The van der Waals surface area contributed by atoms with Crippen molar-refractivity contribution in [3.8, 4) is 44.9 Å². The summed E-state index contributed by atoms with van der Waals surface area (Å²) in [5, 5.41) is 4.01. The lowest BCUT2D eigenvalue weighted by Crippen LogP contribution is -1.97. The minimum absolute atomic E-state index is 0.0408. The Labute approximate surface area is 261 Å². The number of hydrogen-bond acceptors (Lipinski definition) is 1. The van der Waals surface area contributed by atoms with Gasteiger partial charge in [-0.1, -0.05) is 127 Å². The smallest absolute Gasteiger partial charge is 0.135 e. The molecule has 0 saturated carbocycles. The van der Waals surface area contributed by atoms with Gasteiger partial charge in [-0.05, 0) is 94.5 Å². The van der Waals surface area contributed by atoms with E-state index in [-0.39, 0.29) is 62.1 Å². The fraction of sp³-hybridized carbons (Fsp3) is 0. The molecule has 1 aliphatic rings. The van der Waals surface area contributed by atoms with E-state index in [1.807, 2.05) is 66.7 Å². The molecule has 0 aliphatic carbocycles. The molecule has 1 nitrogen and oxygen atoms in total. The molecule has 43 heavy (non-hydrogen) atoms. The monoisotopic (exact) mass is 553 g/mol. The number of benzene rings is 9. The van der Waals surface area contributed by atoms with Crippen LogP contribution in [0.15, 0.2) is 145 Å². The zero-order valence-electron chi connectivity index (χ0n) is 31.6. The topological polar surface area (TPSA) is 9.23 Å². The second kappa shape index (κ2) is 8.44. The first-order valence-corrected chi connectivity index (χ1v) is 14.1. The Bertz CT molecular complexity index is 3060. The van der Waals surface area contributed by atoms with E-state index in [0.717, 1.165) is 55.3 Å². The lowest BCUT2D eigenvalue weighted by Gasteiger charge is -2.22. The quantitative estimate of drug-likeness (QED) is 0.193. The Morgan fingerprint density at radius 3 is 1.81 bits per heavy atom. The maximum Gasteiger partial charge on any atom is 0.135 e. The van der Waals surface area contributed by atoms with E-state index in [9.17, 15) is 4.11 Å². The number of ether oxygens (including phenoxy) is 1. The van der Waals surface area contributed by atoms with Gasteiger partial charge in [-0.15, -0.1) is 0 Å². The van der Waals surface area contributed by atoms with Crippen LogP contribution in [0.5, 0.6) is 11.5 Å². The summed E-state index contributed by atoms with van der Waals surface area (Å²) in [5.74, 6) is 1.53. The minimum atomic E-state index is -0.493. The third-order valence-electron chi connectivity index (χ3n) is 8.65. The van der Waals surface area contributed by atoms with Crippen molar-refractivity contribution in [3.05, 3.63) is 145 Å². The Hall–Kier alpha value is -5.66. The van der Waals surface area contributed by atoms with Crippen molar-refractivity contribution in [2.24, 2.45) is 0 Å². The van der Waals surface area contributed by atoms with Crippen molar-refractivity contribution in [3.63, 3.8) is 0 Å². The zero-order chi connectivity index (χ0) is 35.9. The molecule has 0 spiro atoms. The van der Waals surface area contributed by atoms with Gasteiger partial charge in [0.05, 0.1) is 12.3 Å². The van der Waals surface area contributed by atoms with Crippen LogP contribution in [-0.2, 0) is 0 Å².